The Morgan fingerprint density at radius 2 is 2.28 bits per heavy atom. The molecule has 7 heteroatoms. The third-order valence-electron chi connectivity index (χ3n) is 2.15. The van der Waals surface area contributed by atoms with E-state index >= 15 is 0 Å². The van der Waals surface area contributed by atoms with Crippen LogP contribution in [0.3, 0.4) is 0 Å². The molecule has 0 aliphatic carbocycles. The topological polar surface area (TPSA) is 71.1 Å². The minimum atomic E-state index is -0.984. The minimum absolute atomic E-state index is 0.0595. The molecule has 0 spiro atoms. The minimum Gasteiger partial charge on any atom is -0.368 e. The number of halogens is 1. The molecule has 1 rings (SSSR count). The van der Waals surface area contributed by atoms with E-state index in [2.05, 4.69) is 15.6 Å². The fraction of sp³-hybridized carbons (Fsp3) is 0.455. The zero-order valence-electron chi connectivity index (χ0n) is 10.3. The molecule has 0 aromatic carbocycles. The van der Waals surface area contributed by atoms with Crippen LogP contribution in [0.4, 0.5) is 10.2 Å². The third-order valence-corrected chi connectivity index (χ3v) is 2.93. The number of anilines is 1. The molecular weight excluding hydrogens is 257 g/mol. The van der Waals surface area contributed by atoms with Crippen molar-refractivity contribution in [3.05, 3.63) is 23.6 Å². The number of nitrogens with zero attached hydrogens (tertiary/aromatic N) is 1. The van der Waals surface area contributed by atoms with Crippen LogP contribution in [0.1, 0.15) is 17.3 Å². The van der Waals surface area contributed by atoms with Gasteiger partial charge in [0.05, 0.1) is 5.56 Å². The van der Waals surface area contributed by atoms with Gasteiger partial charge < -0.3 is 10.6 Å². The zero-order valence-corrected chi connectivity index (χ0v) is 11.1. The summed E-state index contributed by atoms with van der Waals surface area (Å²) in [7, 11) is -0.984. The van der Waals surface area contributed by atoms with Crippen molar-refractivity contribution in [2.75, 3.05) is 30.4 Å². The van der Waals surface area contributed by atoms with Crippen LogP contribution in [0.25, 0.3) is 0 Å². The van der Waals surface area contributed by atoms with Gasteiger partial charge in [0.1, 0.15) is 0 Å². The van der Waals surface area contributed by atoms with E-state index in [1.807, 2.05) is 6.92 Å². The molecule has 1 amide bonds. The van der Waals surface area contributed by atoms with Gasteiger partial charge in [0.2, 0.25) is 0 Å². The third kappa shape index (κ3) is 4.06. The van der Waals surface area contributed by atoms with E-state index < -0.39 is 22.5 Å². The number of amides is 1. The highest BCUT2D eigenvalue weighted by Crippen LogP contribution is 2.14. The molecule has 1 unspecified atom stereocenters. The van der Waals surface area contributed by atoms with E-state index in [0.717, 1.165) is 0 Å². The fourth-order valence-electron chi connectivity index (χ4n) is 1.31. The van der Waals surface area contributed by atoms with Crippen molar-refractivity contribution in [1.82, 2.24) is 10.3 Å². The molecule has 1 aromatic rings. The maximum Gasteiger partial charge on any atom is 0.254 e. The maximum atomic E-state index is 13.9. The fourth-order valence-corrected chi connectivity index (χ4v) is 1.70. The Bertz CT molecular complexity index is 454. The van der Waals surface area contributed by atoms with E-state index in [1.165, 1.54) is 12.3 Å². The number of hydrogen-bond acceptors (Lipinski definition) is 4. The highest BCUT2D eigenvalue weighted by Gasteiger charge is 2.15. The van der Waals surface area contributed by atoms with Gasteiger partial charge in [-0.05, 0) is 13.0 Å². The van der Waals surface area contributed by atoms with Gasteiger partial charge in [0.25, 0.3) is 5.91 Å². The molecule has 0 fully saturated rings. The summed E-state index contributed by atoms with van der Waals surface area (Å²) in [6.45, 7) is 2.58. The molecule has 0 radical (unpaired) electrons. The predicted molar refractivity (Wildman–Crippen MR) is 69.6 cm³/mol. The molecular formula is C11H16FN3O2S. The summed E-state index contributed by atoms with van der Waals surface area (Å²) in [5.74, 6) is -0.795. The second kappa shape index (κ2) is 7.05. The lowest BCUT2D eigenvalue weighted by atomic mass is 10.2. The Balaban J connectivity index is 2.73. The van der Waals surface area contributed by atoms with E-state index in [-0.39, 0.29) is 17.9 Å². The summed E-state index contributed by atoms with van der Waals surface area (Å²) in [5, 5.41) is 5.24. The Morgan fingerprint density at radius 1 is 1.56 bits per heavy atom. The predicted octanol–water partition coefficient (Wildman–Crippen LogP) is 0.761. The van der Waals surface area contributed by atoms with Crippen LogP contribution in [0.2, 0.25) is 0 Å². The van der Waals surface area contributed by atoms with E-state index in [4.69, 9.17) is 0 Å². The zero-order chi connectivity index (χ0) is 13.5. The molecule has 0 saturated heterocycles. The molecule has 100 valence electrons. The molecule has 18 heavy (non-hydrogen) atoms. The van der Waals surface area contributed by atoms with Crippen molar-refractivity contribution in [3.63, 3.8) is 0 Å². The van der Waals surface area contributed by atoms with Gasteiger partial charge in [-0.1, -0.05) is 0 Å². The van der Waals surface area contributed by atoms with Crippen molar-refractivity contribution in [2.45, 2.75) is 6.92 Å². The van der Waals surface area contributed by atoms with Gasteiger partial charge in [0.15, 0.2) is 11.6 Å². The van der Waals surface area contributed by atoms with Crippen molar-refractivity contribution in [2.24, 2.45) is 0 Å². The monoisotopic (exact) mass is 273 g/mol. The lowest BCUT2D eigenvalue weighted by molar-refractivity contribution is 0.0952. The van der Waals surface area contributed by atoms with Crippen molar-refractivity contribution >= 4 is 22.5 Å². The largest absolute Gasteiger partial charge is 0.368 e. The van der Waals surface area contributed by atoms with Gasteiger partial charge in [-0.3, -0.25) is 9.00 Å². The summed E-state index contributed by atoms with van der Waals surface area (Å²) < 4.78 is 24.7. The molecule has 2 N–H and O–H groups in total. The number of pyridine rings is 1. The van der Waals surface area contributed by atoms with Crippen LogP contribution in [0.5, 0.6) is 0 Å². The average molecular weight is 273 g/mol. The number of rotatable bonds is 6. The van der Waals surface area contributed by atoms with Gasteiger partial charge in [-0.25, -0.2) is 9.37 Å². The first-order valence-corrected chi connectivity index (χ1v) is 7.25. The lowest BCUT2D eigenvalue weighted by Crippen LogP contribution is -2.28. The van der Waals surface area contributed by atoms with Crippen LogP contribution < -0.4 is 10.6 Å². The first kappa shape index (κ1) is 14.6. The summed E-state index contributed by atoms with van der Waals surface area (Å²) in [4.78, 5) is 15.5. The van der Waals surface area contributed by atoms with Gasteiger partial charge in [-0.2, -0.15) is 0 Å². The molecule has 1 atom stereocenters. The normalized spacial score (nSPS) is 11.9. The second-order valence-corrected chi connectivity index (χ2v) is 5.14. The van der Waals surface area contributed by atoms with Crippen LogP contribution >= 0.6 is 0 Å². The smallest absolute Gasteiger partial charge is 0.254 e. The van der Waals surface area contributed by atoms with Crippen molar-refractivity contribution in [1.29, 1.82) is 0 Å². The molecule has 0 aliphatic rings. The summed E-state index contributed by atoms with van der Waals surface area (Å²) in [6, 6.07) is 1.31. The Hall–Kier alpha value is -1.50. The maximum absolute atomic E-state index is 13.9. The van der Waals surface area contributed by atoms with E-state index in [0.29, 0.717) is 12.3 Å². The molecule has 0 aliphatic heterocycles. The van der Waals surface area contributed by atoms with Crippen LogP contribution in [0, 0.1) is 5.82 Å². The number of hydrogen-bond donors (Lipinski definition) is 2. The molecule has 0 bridgehead atoms. The first-order chi connectivity index (χ1) is 8.56. The standard InChI is InChI=1S/C11H16FN3O2S/c1-3-13-10-9(12)8(4-5-14-10)11(16)15-6-7-18(2)17/h4-5H,3,6-7H2,1-2H3,(H,13,14)(H,15,16). The summed E-state index contributed by atoms with van der Waals surface area (Å²) in [6.07, 6.45) is 2.91. The molecule has 1 aromatic heterocycles. The lowest BCUT2D eigenvalue weighted by Gasteiger charge is -2.08. The highest BCUT2D eigenvalue weighted by atomic mass is 32.2. The van der Waals surface area contributed by atoms with Crippen LogP contribution in [-0.4, -0.2) is 40.2 Å². The SMILES string of the molecule is CCNc1nccc(C(=O)NCCS(C)=O)c1F. The quantitative estimate of drug-likeness (QED) is 0.803. The average Bonchev–Trinajstić information content (AvgIpc) is 2.31. The number of nitrogens with one attached hydrogen (secondary N) is 2. The van der Waals surface area contributed by atoms with Crippen molar-refractivity contribution in [3.8, 4) is 0 Å². The van der Waals surface area contributed by atoms with E-state index in [9.17, 15) is 13.4 Å². The molecule has 1 heterocycles. The summed E-state index contributed by atoms with van der Waals surface area (Å²) in [5.41, 5.74) is -0.0668. The van der Waals surface area contributed by atoms with Crippen LogP contribution in [0.15, 0.2) is 12.3 Å². The summed E-state index contributed by atoms with van der Waals surface area (Å²) >= 11 is 0. The Morgan fingerprint density at radius 3 is 2.89 bits per heavy atom. The van der Waals surface area contributed by atoms with Gasteiger partial charge in [0, 0.05) is 42.1 Å². The van der Waals surface area contributed by atoms with Crippen molar-refractivity contribution < 1.29 is 13.4 Å². The van der Waals surface area contributed by atoms with E-state index in [1.54, 1.807) is 6.26 Å². The molecule has 0 saturated carbocycles. The number of carbonyl (C=O) groups excluding carboxylic acids is 1. The van der Waals surface area contributed by atoms with Crippen LogP contribution in [-0.2, 0) is 10.8 Å². The first-order valence-electron chi connectivity index (χ1n) is 5.52. The Kier molecular flexibility index (Phi) is 5.70. The highest BCUT2D eigenvalue weighted by molar-refractivity contribution is 7.84. The number of carbonyl (C=O) groups is 1. The Labute approximate surface area is 108 Å². The van der Waals surface area contributed by atoms with Gasteiger partial charge >= 0.3 is 0 Å². The molecule has 5 nitrogen and oxygen atoms in total. The number of aromatic nitrogens is 1. The van der Waals surface area contributed by atoms with Gasteiger partial charge in [-0.15, -0.1) is 0 Å². The second-order valence-electron chi connectivity index (χ2n) is 3.58.